The summed E-state index contributed by atoms with van der Waals surface area (Å²) in [6, 6.07) is 19.0. The van der Waals surface area contributed by atoms with Gasteiger partial charge in [-0.15, -0.1) is 0 Å². The van der Waals surface area contributed by atoms with Crippen molar-refractivity contribution in [3.63, 3.8) is 0 Å². The Hall–Kier alpha value is -3.45. The fraction of sp³-hybridized carbons (Fsp3) is 0.208. The quantitative estimate of drug-likeness (QED) is 0.523. The Morgan fingerprint density at radius 2 is 1.65 bits per heavy atom. The van der Waals surface area contributed by atoms with Gasteiger partial charge in [0, 0.05) is 25.6 Å². The lowest BCUT2D eigenvalue weighted by atomic mass is 10.1. The van der Waals surface area contributed by atoms with Crippen LogP contribution < -0.4 is 5.32 Å². The van der Waals surface area contributed by atoms with E-state index in [9.17, 15) is 14.4 Å². The van der Waals surface area contributed by atoms with E-state index >= 15 is 0 Å². The van der Waals surface area contributed by atoms with Crippen molar-refractivity contribution in [2.24, 2.45) is 0 Å². The number of likely N-dealkylation sites (N-methyl/N-ethyl adjacent to an activating group) is 1. The lowest BCUT2D eigenvalue weighted by Gasteiger charge is -2.20. The van der Waals surface area contributed by atoms with Gasteiger partial charge in [0.2, 0.25) is 0 Å². The lowest BCUT2D eigenvalue weighted by Crippen LogP contribution is -2.44. The predicted molar refractivity (Wildman–Crippen MR) is 120 cm³/mol. The van der Waals surface area contributed by atoms with Crippen LogP contribution in [0, 0.1) is 0 Å². The van der Waals surface area contributed by atoms with E-state index in [0.717, 1.165) is 11.1 Å². The van der Waals surface area contributed by atoms with Gasteiger partial charge in [0.15, 0.2) is 6.61 Å². The number of thiophene rings is 1. The number of esters is 1. The van der Waals surface area contributed by atoms with Crippen LogP contribution in [0.2, 0.25) is 0 Å². The van der Waals surface area contributed by atoms with Crippen molar-refractivity contribution in [1.82, 2.24) is 10.2 Å². The van der Waals surface area contributed by atoms with Gasteiger partial charge < -0.3 is 15.0 Å². The third-order valence-electron chi connectivity index (χ3n) is 4.67. The van der Waals surface area contributed by atoms with Gasteiger partial charge in [-0.25, -0.2) is 4.79 Å². The van der Waals surface area contributed by atoms with Gasteiger partial charge >= 0.3 is 5.97 Å². The van der Waals surface area contributed by atoms with E-state index in [0.29, 0.717) is 12.1 Å². The van der Waals surface area contributed by atoms with Crippen LogP contribution in [-0.2, 0) is 27.3 Å². The number of amides is 2. The van der Waals surface area contributed by atoms with Crippen molar-refractivity contribution in [3.8, 4) is 0 Å². The molecule has 0 fully saturated rings. The van der Waals surface area contributed by atoms with Crippen LogP contribution in [0.1, 0.15) is 21.5 Å². The molecule has 1 atom stereocenters. The Morgan fingerprint density at radius 1 is 0.968 bits per heavy atom. The minimum absolute atomic E-state index is 0.261. The number of hydrogen-bond acceptors (Lipinski definition) is 5. The molecule has 31 heavy (non-hydrogen) atoms. The Labute approximate surface area is 185 Å². The third kappa shape index (κ3) is 6.79. The smallest absolute Gasteiger partial charge is 0.329 e. The number of ether oxygens (including phenoxy) is 1. The number of benzene rings is 2. The molecule has 1 unspecified atom stereocenters. The first-order valence-electron chi connectivity index (χ1n) is 9.84. The first-order chi connectivity index (χ1) is 15.0. The zero-order valence-corrected chi connectivity index (χ0v) is 18.0. The molecule has 0 aliphatic heterocycles. The number of carbonyl (C=O) groups is 3. The van der Waals surface area contributed by atoms with E-state index in [1.807, 2.05) is 53.2 Å². The largest absolute Gasteiger partial charge is 0.454 e. The molecule has 3 rings (SSSR count). The normalized spacial score (nSPS) is 11.4. The summed E-state index contributed by atoms with van der Waals surface area (Å²) in [5.74, 6) is -1.34. The summed E-state index contributed by atoms with van der Waals surface area (Å²) in [4.78, 5) is 39.2. The summed E-state index contributed by atoms with van der Waals surface area (Å²) >= 11 is 1.56. The molecule has 1 N–H and O–H groups in total. The maximum atomic E-state index is 12.8. The average molecular weight is 437 g/mol. The number of rotatable bonds is 9. The second-order valence-corrected chi connectivity index (χ2v) is 7.85. The van der Waals surface area contributed by atoms with Gasteiger partial charge in [0.05, 0.1) is 0 Å². The summed E-state index contributed by atoms with van der Waals surface area (Å²) in [6.07, 6.45) is 0.261. The summed E-state index contributed by atoms with van der Waals surface area (Å²) in [5.41, 5.74) is 2.34. The van der Waals surface area contributed by atoms with Crippen LogP contribution in [0.15, 0.2) is 77.5 Å². The molecule has 0 aliphatic rings. The highest BCUT2D eigenvalue weighted by molar-refractivity contribution is 7.07. The van der Waals surface area contributed by atoms with Crippen LogP contribution in [0.3, 0.4) is 0 Å². The van der Waals surface area contributed by atoms with Crippen molar-refractivity contribution >= 4 is 29.1 Å². The second-order valence-electron chi connectivity index (χ2n) is 7.07. The van der Waals surface area contributed by atoms with Gasteiger partial charge in [-0.1, -0.05) is 48.5 Å². The zero-order valence-electron chi connectivity index (χ0n) is 17.2. The van der Waals surface area contributed by atoms with E-state index in [1.54, 1.807) is 42.6 Å². The Morgan fingerprint density at radius 3 is 2.29 bits per heavy atom. The molecule has 1 heterocycles. The van der Waals surface area contributed by atoms with Gasteiger partial charge in [-0.3, -0.25) is 9.59 Å². The van der Waals surface area contributed by atoms with Crippen molar-refractivity contribution in [3.05, 3.63) is 94.2 Å². The van der Waals surface area contributed by atoms with Crippen LogP contribution in [-0.4, -0.2) is 42.4 Å². The lowest BCUT2D eigenvalue weighted by molar-refractivity contribution is -0.153. The number of hydrogen-bond donors (Lipinski definition) is 1. The average Bonchev–Trinajstić information content (AvgIpc) is 3.31. The Bertz CT molecular complexity index is 991. The maximum Gasteiger partial charge on any atom is 0.329 e. The van der Waals surface area contributed by atoms with Crippen LogP contribution in [0.5, 0.6) is 0 Å². The summed E-state index contributed by atoms with van der Waals surface area (Å²) < 4.78 is 5.27. The monoisotopic (exact) mass is 436 g/mol. The van der Waals surface area contributed by atoms with Crippen molar-refractivity contribution in [1.29, 1.82) is 0 Å². The summed E-state index contributed by atoms with van der Waals surface area (Å²) in [5, 5.41) is 6.64. The second kappa shape index (κ2) is 11.1. The molecule has 2 aromatic carbocycles. The molecular weight excluding hydrogens is 412 g/mol. The van der Waals surface area contributed by atoms with Gasteiger partial charge in [0.25, 0.3) is 11.8 Å². The fourth-order valence-electron chi connectivity index (χ4n) is 2.96. The van der Waals surface area contributed by atoms with Gasteiger partial charge in [0.1, 0.15) is 6.04 Å². The Balaban J connectivity index is 1.62. The highest BCUT2D eigenvalue weighted by Gasteiger charge is 2.24. The molecule has 2 amide bonds. The first-order valence-corrected chi connectivity index (χ1v) is 10.8. The molecule has 0 spiro atoms. The molecule has 160 valence electrons. The molecule has 0 aliphatic carbocycles. The van der Waals surface area contributed by atoms with Crippen LogP contribution in [0.25, 0.3) is 0 Å². The van der Waals surface area contributed by atoms with Crippen LogP contribution in [0.4, 0.5) is 0 Å². The third-order valence-corrected chi connectivity index (χ3v) is 5.40. The van der Waals surface area contributed by atoms with Gasteiger partial charge in [-0.05, 0) is 40.1 Å². The number of carbonyl (C=O) groups excluding carboxylic acids is 3. The topological polar surface area (TPSA) is 75.7 Å². The SMILES string of the molecule is CN(Cc1ccsc1)C(=O)COC(=O)C(Cc1ccccc1)NC(=O)c1ccccc1. The fourth-order valence-corrected chi connectivity index (χ4v) is 3.62. The Kier molecular flexibility index (Phi) is 7.95. The highest BCUT2D eigenvalue weighted by Crippen LogP contribution is 2.10. The number of nitrogens with one attached hydrogen (secondary N) is 1. The molecule has 7 heteroatoms. The van der Waals surface area contributed by atoms with E-state index in [2.05, 4.69) is 5.32 Å². The van der Waals surface area contributed by atoms with E-state index < -0.39 is 12.0 Å². The van der Waals surface area contributed by atoms with Crippen molar-refractivity contribution in [2.75, 3.05) is 13.7 Å². The number of nitrogens with zero attached hydrogens (tertiary/aromatic N) is 1. The molecule has 0 bridgehead atoms. The molecule has 6 nitrogen and oxygen atoms in total. The van der Waals surface area contributed by atoms with Crippen LogP contribution >= 0.6 is 11.3 Å². The van der Waals surface area contributed by atoms with E-state index in [-0.39, 0.29) is 24.8 Å². The summed E-state index contributed by atoms with van der Waals surface area (Å²) in [7, 11) is 1.66. The van der Waals surface area contributed by atoms with Gasteiger partial charge in [-0.2, -0.15) is 11.3 Å². The maximum absolute atomic E-state index is 12.8. The van der Waals surface area contributed by atoms with Crippen molar-refractivity contribution < 1.29 is 19.1 Å². The van der Waals surface area contributed by atoms with E-state index in [4.69, 9.17) is 4.74 Å². The van der Waals surface area contributed by atoms with Crippen molar-refractivity contribution in [2.45, 2.75) is 19.0 Å². The molecular formula is C24H24N2O4S. The molecule has 0 radical (unpaired) electrons. The highest BCUT2D eigenvalue weighted by atomic mass is 32.1. The standard InChI is InChI=1S/C24H24N2O4S/c1-26(15-19-12-13-31-17-19)22(27)16-30-24(29)21(14-18-8-4-2-5-9-18)25-23(28)20-10-6-3-7-11-20/h2-13,17,21H,14-16H2,1H3,(H,25,28). The molecule has 0 saturated carbocycles. The minimum atomic E-state index is -0.912. The van der Waals surface area contributed by atoms with E-state index in [1.165, 1.54) is 4.90 Å². The molecule has 3 aromatic rings. The predicted octanol–water partition coefficient (Wildman–Crippen LogP) is 3.29. The first kappa shape index (κ1) is 22.2. The molecule has 1 aromatic heterocycles. The summed E-state index contributed by atoms with van der Waals surface area (Å²) in [6.45, 7) is 0.0596. The zero-order chi connectivity index (χ0) is 22.1. The minimum Gasteiger partial charge on any atom is -0.454 e. The molecule has 0 saturated heterocycles.